The number of nitrogens with one attached hydrogen (secondary N) is 1. The zero-order chi connectivity index (χ0) is 19.2. The van der Waals surface area contributed by atoms with E-state index in [2.05, 4.69) is 10.4 Å². The van der Waals surface area contributed by atoms with Gasteiger partial charge in [-0.05, 0) is 49.8 Å². The standard InChI is InChI=1S/C22H23N3O2/c1-16-21(17(2)25(24-16)19-7-5-4-6-8-19)13-14-22(26)23-15-18-9-11-20(27-3)12-10-18/h4-14H,15H2,1-3H3,(H,23,26)/b14-13+. The summed E-state index contributed by atoms with van der Waals surface area (Å²) in [5.74, 6) is 0.656. The van der Waals surface area contributed by atoms with Crippen LogP contribution in [-0.2, 0) is 11.3 Å². The SMILES string of the molecule is COc1ccc(CNC(=O)/C=C/c2c(C)nn(-c3ccccc3)c2C)cc1. The highest BCUT2D eigenvalue weighted by Crippen LogP contribution is 2.19. The number of para-hydroxylation sites is 1. The molecule has 27 heavy (non-hydrogen) atoms. The van der Waals surface area contributed by atoms with E-state index in [-0.39, 0.29) is 5.91 Å². The zero-order valence-corrected chi connectivity index (χ0v) is 15.8. The molecule has 2 aromatic carbocycles. The average molecular weight is 361 g/mol. The molecule has 0 aliphatic rings. The number of nitrogens with zero attached hydrogens (tertiary/aromatic N) is 2. The van der Waals surface area contributed by atoms with Crippen molar-refractivity contribution in [3.05, 3.63) is 83.2 Å². The minimum absolute atomic E-state index is 0.142. The second-order valence-corrected chi connectivity index (χ2v) is 6.23. The summed E-state index contributed by atoms with van der Waals surface area (Å²) in [6.45, 7) is 4.41. The molecular formula is C22H23N3O2. The third-order valence-corrected chi connectivity index (χ3v) is 4.38. The Hall–Kier alpha value is -3.34. The van der Waals surface area contributed by atoms with Crippen LogP contribution in [0.4, 0.5) is 0 Å². The van der Waals surface area contributed by atoms with Crippen LogP contribution in [0, 0.1) is 13.8 Å². The molecule has 5 nitrogen and oxygen atoms in total. The number of carbonyl (C=O) groups excluding carboxylic acids is 1. The molecule has 3 aromatic rings. The highest BCUT2D eigenvalue weighted by Gasteiger charge is 2.10. The Morgan fingerprint density at radius 1 is 1.11 bits per heavy atom. The number of amides is 1. The third-order valence-electron chi connectivity index (χ3n) is 4.38. The van der Waals surface area contributed by atoms with E-state index >= 15 is 0 Å². The molecule has 1 aromatic heterocycles. The second-order valence-electron chi connectivity index (χ2n) is 6.23. The minimum Gasteiger partial charge on any atom is -0.497 e. The third kappa shape index (κ3) is 4.44. The summed E-state index contributed by atoms with van der Waals surface area (Å²) in [6, 6.07) is 17.6. The summed E-state index contributed by atoms with van der Waals surface area (Å²) in [5.41, 5.74) is 4.86. The van der Waals surface area contributed by atoms with Gasteiger partial charge in [-0.3, -0.25) is 4.79 Å². The molecule has 1 N–H and O–H groups in total. The number of benzene rings is 2. The van der Waals surface area contributed by atoms with Gasteiger partial charge in [0.1, 0.15) is 5.75 Å². The number of aromatic nitrogens is 2. The predicted molar refractivity (Wildman–Crippen MR) is 107 cm³/mol. The Morgan fingerprint density at radius 3 is 2.48 bits per heavy atom. The van der Waals surface area contributed by atoms with Crippen LogP contribution in [-0.4, -0.2) is 22.8 Å². The van der Waals surface area contributed by atoms with E-state index in [0.29, 0.717) is 6.54 Å². The monoisotopic (exact) mass is 361 g/mol. The number of aryl methyl sites for hydroxylation is 1. The largest absolute Gasteiger partial charge is 0.497 e. The molecule has 3 rings (SSSR count). The summed E-state index contributed by atoms with van der Waals surface area (Å²) < 4.78 is 7.03. The van der Waals surface area contributed by atoms with Gasteiger partial charge in [-0.15, -0.1) is 0 Å². The molecule has 1 amide bonds. The quantitative estimate of drug-likeness (QED) is 0.679. The smallest absolute Gasteiger partial charge is 0.244 e. The molecule has 0 aliphatic heterocycles. The van der Waals surface area contributed by atoms with Crippen molar-refractivity contribution in [1.82, 2.24) is 15.1 Å². The van der Waals surface area contributed by atoms with E-state index in [9.17, 15) is 4.79 Å². The lowest BCUT2D eigenvalue weighted by atomic mass is 10.1. The van der Waals surface area contributed by atoms with Crippen LogP contribution in [0.1, 0.15) is 22.5 Å². The maximum Gasteiger partial charge on any atom is 0.244 e. The fraction of sp³-hybridized carbons (Fsp3) is 0.182. The van der Waals surface area contributed by atoms with Crippen LogP contribution >= 0.6 is 0 Å². The second kappa shape index (κ2) is 8.36. The molecule has 5 heteroatoms. The first-order chi connectivity index (χ1) is 13.1. The molecule has 0 atom stereocenters. The topological polar surface area (TPSA) is 56.1 Å². The van der Waals surface area contributed by atoms with Crippen molar-refractivity contribution in [1.29, 1.82) is 0 Å². The van der Waals surface area contributed by atoms with Crippen molar-refractivity contribution in [3.8, 4) is 11.4 Å². The number of methoxy groups -OCH3 is 1. The van der Waals surface area contributed by atoms with Gasteiger partial charge in [0, 0.05) is 23.9 Å². The van der Waals surface area contributed by atoms with E-state index in [1.807, 2.05) is 79.2 Å². The van der Waals surface area contributed by atoms with Crippen molar-refractivity contribution in [2.45, 2.75) is 20.4 Å². The Bertz CT molecular complexity index is 942. The Kier molecular flexibility index (Phi) is 5.71. The van der Waals surface area contributed by atoms with Crippen LogP contribution in [0.15, 0.2) is 60.7 Å². The van der Waals surface area contributed by atoms with E-state index in [1.54, 1.807) is 13.2 Å². The molecule has 0 radical (unpaired) electrons. The first-order valence-electron chi connectivity index (χ1n) is 8.79. The number of ether oxygens (including phenoxy) is 1. The van der Waals surface area contributed by atoms with Crippen molar-refractivity contribution in [3.63, 3.8) is 0 Å². The molecule has 0 aliphatic carbocycles. The van der Waals surface area contributed by atoms with Crippen LogP contribution in [0.2, 0.25) is 0 Å². The fourth-order valence-corrected chi connectivity index (χ4v) is 2.87. The van der Waals surface area contributed by atoms with Gasteiger partial charge in [-0.25, -0.2) is 4.68 Å². The Morgan fingerprint density at radius 2 is 1.81 bits per heavy atom. The lowest BCUT2D eigenvalue weighted by Gasteiger charge is -2.05. The fourth-order valence-electron chi connectivity index (χ4n) is 2.87. The van der Waals surface area contributed by atoms with Gasteiger partial charge in [0.2, 0.25) is 5.91 Å². The number of hydrogen-bond acceptors (Lipinski definition) is 3. The highest BCUT2D eigenvalue weighted by atomic mass is 16.5. The molecule has 0 fully saturated rings. The van der Waals surface area contributed by atoms with Crippen LogP contribution < -0.4 is 10.1 Å². The lowest BCUT2D eigenvalue weighted by molar-refractivity contribution is -0.116. The number of carbonyl (C=O) groups is 1. The van der Waals surface area contributed by atoms with Gasteiger partial charge in [-0.2, -0.15) is 5.10 Å². The average Bonchev–Trinajstić information content (AvgIpc) is 2.99. The van der Waals surface area contributed by atoms with Crippen LogP contribution in [0.3, 0.4) is 0 Å². The van der Waals surface area contributed by atoms with Crippen LogP contribution in [0.25, 0.3) is 11.8 Å². The summed E-state index contributed by atoms with van der Waals surface area (Å²) in [4.78, 5) is 12.2. The van der Waals surface area contributed by atoms with Crippen molar-refractivity contribution in [2.24, 2.45) is 0 Å². The molecule has 0 saturated heterocycles. The van der Waals surface area contributed by atoms with Crippen molar-refractivity contribution < 1.29 is 9.53 Å². The van der Waals surface area contributed by atoms with E-state index in [4.69, 9.17) is 4.74 Å². The summed E-state index contributed by atoms with van der Waals surface area (Å²) in [6.07, 6.45) is 3.37. The molecule has 138 valence electrons. The Balaban J connectivity index is 1.66. The molecule has 0 spiro atoms. The highest BCUT2D eigenvalue weighted by molar-refractivity contribution is 5.92. The molecule has 0 unspecified atom stereocenters. The summed E-state index contributed by atoms with van der Waals surface area (Å²) in [5, 5.41) is 7.48. The maximum atomic E-state index is 12.2. The van der Waals surface area contributed by atoms with Crippen molar-refractivity contribution in [2.75, 3.05) is 7.11 Å². The van der Waals surface area contributed by atoms with Gasteiger partial charge in [0.15, 0.2) is 0 Å². The maximum absolute atomic E-state index is 12.2. The lowest BCUT2D eigenvalue weighted by Crippen LogP contribution is -2.20. The summed E-state index contributed by atoms with van der Waals surface area (Å²) >= 11 is 0. The van der Waals surface area contributed by atoms with Gasteiger partial charge < -0.3 is 10.1 Å². The van der Waals surface area contributed by atoms with E-state index < -0.39 is 0 Å². The van der Waals surface area contributed by atoms with Gasteiger partial charge >= 0.3 is 0 Å². The Labute approximate surface area is 159 Å². The molecule has 0 bridgehead atoms. The van der Waals surface area contributed by atoms with Gasteiger partial charge in [0.25, 0.3) is 0 Å². The van der Waals surface area contributed by atoms with E-state index in [0.717, 1.165) is 34.0 Å². The van der Waals surface area contributed by atoms with E-state index in [1.165, 1.54) is 0 Å². The van der Waals surface area contributed by atoms with Crippen molar-refractivity contribution >= 4 is 12.0 Å². The first kappa shape index (κ1) is 18.5. The molecular weight excluding hydrogens is 338 g/mol. The van der Waals surface area contributed by atoms with Gasteiger partial charge in [0.05, 0.1) is 18.5 Å². The minimum atomic E-state index is -0.142. The van der Waals surface area contributed by atoms with Gasteiger partial charge in [-0.1, -0.05) is 30.3 Å². The predicted octanol–water partition coefficient (Wildman–Crippen LogP) is 3.83. The van der Waals surface area contributed by atoms with Crippen LogP contribution in [0.5, 0.6) is 5.75 Å². The number of rotatable bonds is 6. The first-order valence-corrected chi connectivity index (χ1v) is 8.79. The number of hydrogen-bond donors (Lipinski definition) is 1. The normalized spacial score (nSPS) is 10.9. The zero-order valence-electron chi connectivity index (χ0n) is 15.8. The molecule has 0 saturated carbocycles. The molecule has 1 heterocycles. The summed E-state index contributed by atoms with van der Waals surface area (Å²) in [7, 11) is 1.63.